The summed E-state index contributed by atoms with van der Waals surface area (Å²) in [7, 11) is 2.03. The van der Waals surface area contributed by atoms with Crippen LogP contribution in [0.2, 0.25) is 0 Å². The fourth-order valence-corrected chi connectivity index (χ4v) is 3.30. The number of para-hydroxylation sites is 2. The number of aromatic nitrogens is 3. The van der Waals surface area contributed by atoms with Gasteiger partial charge in [-0.2, -0.15) is 0 Å². The summed E-state index contributed by atoms with van der Waals surface area (Å²) in [6, 6.07) is 18.3. The van der Waals surface area contributed by atoms with Gasteiger partial charge >= 0.3 is 0 Å². The van der Waals surface area contributed by atoms with Gasteiger partial charge in [0.15, 0.2) is 0 Å². The lowest BCUT2D eigenvalue weighted by molar-refractivity contribution is 0.0454. The molecule has 0 bridgehead atoms. The van der Waals surface area contributed by atoms with Crippen molar-refractivity contribution in [2.75, 3.05) is 51.6 Å². The Labute approximate surface area is 174 Å². The summed E-state index contributed by atoms with van der Waals surface area (Å²) >= 11 is 0. The summed E-state index contributed by atoms with van der Waals surface area (Å²) in [6.07, 6.45) is 2.02. The molecule has 30 heavy (non-hydrogen) atoms. The van der Waals surface area contributed by atoms with Crippen LogP contribution in [0.4, 0.5) is 10.1 Å². The second-order valence-electron chi connectivity index (χ2n) is 6.97. The monoisotopic (exact) mass is 408 g/mol. The number of benzene rings is 2. The first-order chi connectivity index (χ1) is 14.8. The zero-order valence-electron chi connectivity index (χ0n) is 17.0. The molecule has 0 amide bonds. The fraction of sp³-hybridized carbons (Fsp3) is 0.304. The molecule has 0 saturated heterocycles. The minimum atomic E-state index is -0.457. The highest BCUT2D eigenvalue weighted by Gasteiger charge is 2.08. The lowest BCUT2D eigenvalue weighted by Gasteiger charge is -2.19. The predicted molar refractivity (Wildman–Crippen MR) is 117 cm³/mol. The molecule has 7 heteroatoms. The Kier molecular flexibility index (Phi) is 6.51. The van der Waals surface area contributed by atoms with Crippen molar-refractivity contribution in [2.45, 2.75) is 0 Å². The second kappa shape index (κ2) is 9.65. The molecule has 0 radical (unpaired) electrons. The third-order valence-corrected chi connectivity index (χ3v) is 4.95. The van der Waals surface area contributed by atoms with Crippen molar-refractivity contribution in [3.63, 3.8) is 0 Å². The zero-order chi connectivity index (χ0) is 20.8. The maximum atomic E-state index is 11.9. The quantitative estimate of drug-likeness (QED) is 0.372. The van der Waals surface area contributed by atoms with Crippen LogP contribution in [0.15, 0.2) is 60.8 Å². The Hall–Kier alpha value is -3.03. The molecule has 0 aliphatic carbocycles. The molecule has 0 aliphatic rings. The van der Waals surface area contributed by atoms with Gasteiger partial charge < -0.3 is 14.4 Å². The zero-order valence-corrected chi connectivity index (χ0v) is 17.0. The Morgan fingerprint density at radius 3 is 2.47 bits per heavy atom. The summed E-state index contributed by atoms with van der Waals surface area (Å²) in [5.41, 5.74) is 5.03. The van der Waals surface area contributed by atoms with Crippen molar-refractivity contribution < 1.29 is 13.9 Å². The molecular weight excluding hydrogens is 383 g/mol. The van der Waals surface area contributed by atoms with Crippen molar-refractivity contribution in [3.05, 3.63) is 60.8 Å². The van der Waals surface area contributed by atoms with Gasteiger partial charge in [-0.15, -0.1) is 0 Å². The number of ether oxygens (including phenoxy) is 2. The lowest BCUT2D eigenvalue weighted by atomic mass is 10.1. The molecule has 0 fully saturated rings. The number of fused-ring (bicyclic) bond motifs is 3. The smallest absolute Gasteiger partial charge is 0.235 e. The SMILES string of the molecule is CN(CCOCCOCCF)c1ccc(-c2ccn3c(n2)nc2ccccc23)cc1. The van der Waals surface area contributed by atoms with Crippen LogP contribution in [0.1, 0.15) is 0 Å². The van der Waals surface area contributed by atoms with Gasteiger partial charge in [-0.25, -0.2) is 14.4 Å². The largest absolute Gasteiger partial charge is 0.377 e. The molecular formula is C23H25FN4O2. The van der Waals surface area contributed by atoms with E-state index in [1.165, 1.54) is 0 Å². The number of alkyl halides is 1. The Bertz CT molecular complexity index is 1100. The molecule has 6 nitrogen and oxygen atoms in total. The lowest BCUT2D eigenvalue weighted by Crippen LogP contribution is -2.23. The van der Waals surface area contributed by atoms with Crippen LogP contribution in [0.5, 0.6) is 0 Å². The molecule has 0 unspecified atom stereocenters. The van der Waals surface area contributed by atoms with E-state index in [0.29, 0.717) is 25.6 Å². The topological polar surface area (TPSA) is 51.9 Å². The first-order valence-electron chi connectivity index (χ1n) is 10.0. The van der Waals surface area contributed by atoms with E-state index in [1.807, 2.05) is 48.0 Å². The van der Waals surface area contributed by atoms with Crippen LogP contribution < -0.4 is 4.90 Å². The van der Waals surface area contributed by atoms with E-state index >= 15 is 0 Å². The standard InChI is InChI=1S/C23H25FN4O2/c1-27(13-15-30-17-16-29-14-11-24)19-8-6-18(7-9-19)20-10-12-28-22-5-3-2-4-21(22)26-23(28)25-20/h2-10,12H,11,13-17H2,1H3. The molecule has 0 N–H and O–H groups in total. The van der Waals surface area contributed by atoms with E-state index in [-0.39, 0.29) is 6.61 Å². The second-order valence-corrected chi connectivity index (χ2v) is 6.97. The van der Waals surface area contributed by atoms with Crippen LogP contribution in [0.25, 0.3) is 28.1 Å². The molecule has 4 rings (SSSR count). The van der Waals surface area contributed by atoms with Crippen LogP contribution in [0, 0.1) is 0 Å². The van der Waals surface area contributed by atoms with Crippen molar-refractivity contribution in [2.24, 2.45) is 0 Å². The summed E-state index contributed by atoms with van der Waals surface area (Å²) < 4.78 is 24.5. The normalized spacial score (nSPS) is 11.4. The van der Waals surface area contributed by atoms with Crippen LogP contribution >= 0.6 is 0 Å². The fourth-order valence-electron chi connectivity index (χ4n) is 3.30. The van der Waals surface area contributed by atoms with Gasteiger partial charge in [0, 0.05) is 31.0 Å². The van der Waals surface area contributed by atoms with E-state index < -0.39 is 6.67 Å². The summed E-state index contributed by atoms with van der Waals surface area (Å²) in [6.45, 7) is 1.92. The van der Waals surface area contributed by atoms with Gasteiger partial charge in [0.1, 0.15) is 6.67 Å². The first-order valence-corrected chi connectivity index (χ1v) is 10.0. The van der Waals surface area contributed by atoms with Gasteiger partial charge in [-0.3, -0.25) is 4.40 Å². The van der Waals surface area contributed by atoms with Gasteiger partial charge in [0.2, 0.25) is 5.78 Å². The maximum Gasteiger partial charge on any atom is 0.235 e. The third kappa shape index (κ3) is 4.58. The van der Waals surface area contributed by atoms with Gasteiger partial charge in [0.05, 0.1) is 43.2 Å². The third-order valence-electron chi connectivity index (χ3n) is 4.95. The number of hydrogen-bond acceptors (Lipinski definition) is 5. The number of nitrogens with zero attached hydrogens (tertiary/aromatic N) is 4. The van der Waals surface area contributed by atoms with E-state index in [4.69, 9.17) is 14.5 Å². The van der Waals surface area contributed by atoms with Gasteiger partial charge in [-0.05, 0) is 30.3 Å². The highest BCUT2D eigenvalue weighted by atomic mass is 19.1. The van der Waals surface area contributed by atoms with Crippen molar-refractivity contribution >= 4 is 22.5 Å². The maximum absolute atomic E-state index is 11.9. The van der Waals surface area contributed by atoms with Crippen LogP contribution in [0.3, 0.4) is 0 Å². The Morgan fingerprint density at radius 2 is 1.67 bits per heavy atom. The molecule has 2 aromatic carbocycles. The van der Waals surface area contributed by atoms with Crippen molar-refractivity contribution in [1.82, 2.24) is 14.4 Å². The Balaban J connectivity index is 1.37. The first kappa shape index (κ1) is 20.3. The highest BCUT2D eigenvalue weighted by Crippen LogP contribution is 2.23. The predicted octanol–water partition coefficient (Wildman–Crippen LogP) is 3.99. The minimum Gasteiger partial charge on any atom is -0.377 e. The van der Waals surface area contributed by atoms with Gasteiger partial charge in [0.25, 0.3) is 0 Å². The highest BCUT2D eigenvalue weighted by molar-refractivity contribution is 5.80. The summed E-state index contributed by atoms with van der Waals surface area (Å²) in [5, 5.41) is 0. The molecule has 0 saturated carbocycles. The average molecular weight is 408 g/mol. The van der Waals surface area contributed by atoms with Crippen molar-refractivity contribution in [3.8, 4) is 11.3 Å². The molecule has 0 atom stereocenters. The molecule has 2 heterocycles. The molecule has 4 aromatic rings. The number of anilines is 1. The number of likely N-dealkylation sites (N-methyl/N-ethyl adjacent to an activating group) is 1. The molecule has 156 valence electrons. The number of rotatable bonds is 10. The summed E-state index contributed by atoms with van der Waals surface area (Å²) in [5.74, 6) is 0.697. The summed E-state index contributed by atoms with van der Waals surface area (Å²) in [4.78, 5) is 11.5. The molecule has 2 aromatic heterocycles. The Morgan fingerprint density at radius 1 is 0.900 bits per heavy atom. The van der Waals surface area contributed by atoms with Crippen LogP contribution in [-0.2, 0) is 9.47 Å². The van der Waals surface area contributed by atoms with E-state index in [2.05, 4.69) is 34.1 Å². The average Bonchev–Trinajstić information content (AvgIpc) is 3.16. The number of hydrogen-bond donors (Lipinski definition) is 0. The number of halogens is 1. The van der Waals surface area contributed by atoms with E-state index in [9.17, 15) is 4.39 Å². The molecule has 0 aliphatic heterocycles. The van der Waals surface area contributed by atoms with Crippen LogP contribution in [-0.4, -0.2) is 61.1 Å². The number of imidazole rings is 1. The van der Waals surface area contributed by atoms with E-state index in [0.717, 1.165) is 34.5 Å². The molecule has 0 spiro atoms. The van der Waals surface area contributed by atoms with Gasteiger partial charge in [-0.1, -0.05) is 24.3 Å². The van der Waals surface area contributed by atoms with E-state index in [1.54, 1.807) is 0 Å². The minimum absolute atomic E-state index is 0.133. The van der Waals surface area contributed by atoms with Crippen molar-refractivity contribution in [1.29, 1.82) is 0 Å².